The standard InChI is InChI=1S/C10H14N4OS/c11-9(12)8-2-1-3-13-10(8)14-4-6-16(15)7-5-14/h1-3H,4-7H2,(H3,11,12). The number of nitrogen functional groups attached to an aromatic ring is 1. The van der Waals surface area contributed by atoms with Crippen molar-refractivity contribution in [3.63, 3.8) is 0 Å². The van der Waals surface area contributed by atoms with E-state index in [0.29, 0.717) is 30.2 Å². The van der Waals surface area contributed by atoms with E-state index < -0.39 is 10.8 Å². The highest BCUT2D eigenvalue weighted by molar-refractivity contribution is 7.85. The van der Waals surface area contributed by atoms with Gasteiger partial charge in [-0.25, -0.2) is 4.98 Å². The average Bonchev–Trinajstić information content (AvgIpc) is 2.30. The van der Waals surface area contributed by atoms with Crippen LogP contribution < -0.4 is 10.6 Å². The summed E-state index contributed by atoms with van der Waals surface area (Å²) in [5.41, 5.74) is 6.15. The van der Waals surface area contributed by atoms with Gasteiger partial charge in [-0.2, -0.15) is 0 Å². The first-order valence-electron chi connectivity index (χ1n) is 5.08. The Bertz CT molecular complexity index is 425. The van der Waals surface area contributed by atoms with Crippen LogP contribution in [0.2, 0.25) is 0 Å². The maximum absolute atomic E-state index is 11.3. The van der Waals surface area contributed by atoms with Gasteiger partial charge in [0.15, 0.2) is 0 Å². The number of hydrogen-bond acceptors (Lipinski definition) is 4. The highest BCUT2D eigenvalue weighted by Crippen LogP contribution is 2.18. The SMILES string of the molecule is N=C(N)c1cccnc1N1CCS(=O)CC1. The summed E-state index contributed by atoms with van der Waals surface area (Å²) in [5.74, 6) is 2.07. The van der Waals surface area contributed by atoms with Gasteiger partial charge < -0.3 is 10.6 Å². The van der Waals surface area contributed by atoms with Gasteiger partial charge in [0.1, 0.15) is 11.7 Å². The van der Waals surface area contributed by atoms with Gasteiger partial charge in [-0.05, 0) is 12.1 Å². The second-order valence-corrected chi connectivity index (χ2v) is 5.32. The van der Waals surface area contributed by atoms with E-state index in [1.807, 2.05) is 4.90 Å². The normalized spacial score (nSPS) is 17.4. The Morgan fingerprint density at radius 2 is 2.19 bits per heavy atom. The molecule has 16 heavy (non-hydrogen) atoms. The number of rotatable bonds is 2. The van der Waals surface area contributed by atoms with Gasteiger partial charge >= 0.3 is 0 Å². The predicted molar refractivity (Wildman–Crippen MR) is 65.3 cm³/mol. The lowest BCUT2D eigenvalue weighted by Crippen LogP contribution is -2.39. The third-order valence-electron chi connectivity index (χ3n) is 2.55. The quantitative estimate of drug-likeness (QED) is 0.558. The minimum atomic E-state index is -0.706. The molecule has 5 nitrogen and oxygen atoms in total. The number of nitrogens with two attached hydrogens (primary N) is 1. The number of pyridine rings is 1. The van der Waals surface area contributed by atoms with E-state index in [1.165, 1.54) is 0 Å². The fraction of sp³-hybridized carbons (Fsp3) is 0.400. The molecule has 1 aromatic heterocycles. The lowest BCUT2D eigenvalue weighted by Gasteiger charge is -2.28. The van der Waals surface area contributed by atoms with Gasteiger partial charge in [0, 0.05) is 41.6 Å². The van der Waals surface area contributed by atoms with Gasteiger partial charge in [-0.15, -0.1) is 0 Å². The number of aromatic nitrogens is 1. The summed E-state index contributed by atoms with van der Waals surface area (Å²) in [6.07, 6.45) is 1.69. The molecule has 2 heterocycles. The van der Waals surface area contributed by atoms with Gasteiger partial charge in [0.05, 0.1) is 5.56 Å². The molecule has 2 rings (SSSR count). The Morgan fingerprint density at radius 3 is 2.81 bits per heavy atom. The molecule has 0 unspecified atom stereocenters. The van der Waals surface area contributed by atoms with Crippen LogP contribution in [0, 0.1) is 5.41 Å². The van der Waals surface area contributed by atoms with Crippen molar-refractivity contribution in [3.8, 4) is 0 Å². The maximum atomic E-state index is 11.3. The van der Waals surface area contributed by atoms with Gasteiger partial charge in [0.25, 0.3) is 0 Å². The molecule has 1 fully saturated rings. The first-order valence-corrected chi connectivity index (χ1v) is 6.56. The summed E-state index contributed by atoms with van der Waals surface area (Å²) in [7, 11) is -0.706. The molecule has 0 aromatic carbocycles. The molecule has 0 atom stereocenters. The molecule has 0 aliphatic carbocycles. The summed E-state index contributed by atoms with van der Waals surface area (Å²) in [6, 6.07) is 3.55. The van der Waals surface area contributed by atoms with E-state index in [0.717, 1.165) is 5.82 Å². The minimum Gasteiger partial charge on any atom is -0.384 e. The minimum absolute atomic E-state index is 0.0230. The van der Waals surface area contributed by atoms with Crippen LogP contribution in [0.3, 0.4) is 0 Å². The molecule has 0 spiro atoms. The summed E-state index contributed by atoms with van der Waals surface area (Å²) in [4.78, 5) is 6.29. The molecule has 1 aliphatic rings. The van der Waals surface area contributed by atoms with Crippen molar-refractivity contribution in [2.24, 2.45) is 5.73 Å². The molecular formula is C10H14N4OS. The fourth-order valence-corrected chi connectivity index (χ4v) is 2.76. The van der Waals surface area contributed by atoms with Crippen molar-refractivity contribution in [1.82, 2.24) is 4.98 Å². The summed E-state index contributed by atoms with van der Waals surface area (Å²) >= 11 is 0. The molecular weight excluding hydrogens is 224 g/mol. The fourth-order valence-electron chi connectivity index (χ4n) is 1.71. The summed E-state index contributed by atoms with van der Waals surface area (Å²) in [5, 5.41) is 7.49. The molecule has 0 bridgehead atoms. The highest BCUT2D eigenvalue weighted by atomic mass is 32.2. The topological polar surface area (TPSA) is 83.1 Å². The highest BCUT2D eigenvalue weighted by Gasteiger charge is 2.19. The van der Waals surface area contributed by atoms with Crippen LogP contribution in [-0.4, -0.2) is 39.6 Å². The van der Waals surface area contributed by atoms with E-state index in [1.54, 1.807) is 18.3 Å². The van der Waals surface area contributed by atoms with Crippen molar-refractivity contribution < 1.29 is 4.21 Å². The summed E-state index contributed by atoms with van der Waals surface area (Å²) < 4.78 is 11.3. The third-order valence-corrected chi connectivity index (χ3v) is 3.83. The van der Waals surface area contributed by atoms with Crippen LogP contribution in [-0.2, 0) is 10.8 Å². The van der Waals surface area contributed by atoms with Crippen LogP contribution in [0.15, 0.2) is 18.3 Å². The van der Waals surface area contributed by atoms with Crippen LogP contribution in [0.1, 0.15) is 5.56 Å². The van der Waals surface area contributed by atoms with Crippen molar-refractivity contribution in [2.45, 2.75) is 0 Å². The second kappa shape index (κ2) is 4.61. The van der Waals surface area contributed by atoms with Crippen molar-refractivity contribution in [3.05, 3.63) is 23.9 Å². The largest absolute Gasteiger partial charge is 0.384 e. The molecule has 3 N–H and O–H groups in total. The Balaban J connectivity index is 2.26. The number of anilines is 1. The Labute approximate surface area is 96.6 Å². The predicted octanol–water partition coefficient (Wildman–Crippen LogP) is -0.0656. The average molecular weight is 238 g/mol. The van der Waals surface area contributed by atoms with Crippen LogP contribution in [0.25, 0.3) is 0 Å². The number of hydrogen-bond donors (Lipinski definition) is 2. The second-order valence-electron chi connectivity index (χ2n) is 3.62. The molecule has 1 saturated heterocycles. The lowest BCUT2D eigenvalue weighted by molar-refractivity contribution is 0.672. The molecule has 1 aliphatic heterocycles. The van der Waals surface area contributed by atoms with Crippen LogP contribution in [0.5, 0.6) is 0 Å². The van der Waals surface area contributed by atoms with Gasteiger partial charge in [-0.3, -0.25) is 9.62 Å². The molecule has 0 amide bonds. The zero-order chi connectivity index (χ0) is 11.5. The number of nitrogens with zero attached hydrogens (tertiary/aromatic N) is 2. The first-order chi connectivity index (χ1) is 7.68. The first kappa shape index (κ1) is 11.1. The maximum Gasteiger partial charge on any atom is 0.139 e. The Kier molecular flexibility index (Phi) is 3.19. The van der Waals surface area contributed by atoms with Crippen LogP contribution in [0.4, 0.5) is 5.82 Å². The van der Waals surface area contributed by atoms with Gasteiger partial charge in [-0.1, -0.05) is 0 Å². The Hall–Kier alpha value is -1.43. The number of nitrogens with one attached hydrogen (secondary N) is 1. The molecule has 6 heteroatoms. The molecule has 0 radical (unpaired) electrons. The van der Waals surface area contributed by atoms with E-state index in [4.69, 9.17) is 11.1 Å². The zero-order valence-corrected chi connectivity index (χ0v) is 9.67. The molecule has 0 saturated carbocycles. The third kappa shape index (κ3) is 2.21. The number of amidine groups is 1. The molecule has 86 valence electrons. The van der Waals surface area contributed by atoms with Crippen molar-refractivity contribution >= 4 is 22.5 Å². The van der Waals surface area contributed by atoms with E-state index in [9.17, 15) is 4.21 Å². The van der Waals surface area contributed by atoms with Crippen molar-refractivity contribution in [1.29, 1.82) is 5.41 Å². The van der Waals surface area contributed by atoms with E-state index >= 15 is 0 Å². The smallest absolute Gasteiger partial charge is 0.139 e. The van der Waals surface area contributed by atoms with Crippen molar-refractivity contribution in [2.75, 3.05) is 29.5 Å². The van der Waals surface area contributed by atoms with Crippen LogP contribution >= 0.6 is 0 Å². The Morgan fingerprint density at radius 1 is 1.50 bits per heavy atom. The summed E-state index contributed by atoms with van der Waals surface area (Å²) in [6.45, 7) is 1.42. The lowest BCUT2D eigenvalue weighted by atomic mass is 10.2. The monoisotopic (exact) mass is 238 g/mol. The molecule has 1 aromatic rings. The van der Waals surface area contributed by atoms with E-state index in [2.05, 4.69) is 4.98 Å². The van der Waals surface area contributed by atoms with E-state index in [-0.39, 0.29) is 5.84 Å². The van der Waals surface area contributed by atoms with Gasteiger partial charge in [0.2, 0.25) is 0 Å². The zero-order valence-electron chi connectivity index (χ0n) is 8.85.